The number of rotatable bonds is 4. The Kier molecular flexibility index (Phi) is 5.86. The van der Waals surface area contributed by atoms with Gasteiger partial charge in [-0.3, -0.25) is 9.69 Å². The fourth-order valence-corrected chi connectivity index (χ4v) is 3.38. The fourth-order valence-electron chi connectivity index (χ4n) is 3.27. The first-order valence-electron chi connectivity index (χ1n) is 8.41. The summed E-state index contributed by atoms with van der Waals surface area (Å²) in [5.74, 6) is 0.357. The Labute approximate surface area is 142 Å². The zero-order valence-electron chi connectivity index (χ0n) is 13.3. The molecule has 6 heteroatoms. The van der Waals surface area contributed by atoms with Gasteiger partial charge in [0.25, 0.3) is 0 Å². The van der Waals surface area contributed by atoms with E-state index in [0.717, 1.165) is 45.3 Å². The molecule has 5 nitrogen and oxygen atoms in total. The number of pyridine rings is 1. The Bertz CT molecular complexity index is 509. The summed E-state index contributed by atoms with van der Waals surface area (Å²) in [6.07, 6.45) is 5.57. The Morgan fingerprint density at radius 2 is 2.00 bits per heavy atom. The van der Waals surface area contributed by atoms with Crippen molar-refractivity contribution < 1.29 is 9.53 Å². The van der Waals surface area contributed by atoms with E-state index < -0.39 is 0 Å². The van der Waals surface area contributed by atoms with E-state index in [1.54, 1.807) is 0 Å². The van der Waals surface area contributed by atoms with E-state index in [1.165, 1.54) is 5.56 Å². The van der Waals surface area contributed by atoms with Gasteiger partial charge in [-0.05, 0) is 37.3 Å². The molecule has 0 bridgehead atoms. The minimum Gasteiger partial charge on any atom is -0.381 e. The van der Waals surface area contributed by atoms with Crippen molar-refractivity contribution in [1.29, 1.82) is 0 Å². The summed E-state index contributed by atoms with van der Waals surface area (Å²) in [5.41, 5.74) is 1.18. The molecule has 0 saturated carbocycles. The van der Waals surface area contributed by atoms with Crippen molar-refractivity contribution in [1.82, 2.24) is 15.2 Å². The Morgan fingerprint density at radius 3 is 2.65 bits per heavy atom. The molecule has 2 fully saturated rings. The first-order chi connectivity index (χ1) is 11.2. The van der Waals surface area contributed by atoms with E-state index in [2.05, 4.69) is 15.2 Å². The van der Waals surface area contributed by atoms with Crippen LogP contribution < -0.4 is 5.32 Å². The monoisotopic (exact) mass is 337 g/mol. The Balaban J connectivity index is 1.41. The standard InChI is InChI=1S/C17H24ClN3O2/c18-16-2-1-13(11-19-16)12-21-7-3-15(4-8-21)20-17(22)14-5-9-23-10-6-14/h1-2,11,14-15H,3-10,12H2,(H,20,22). The van der Waals surface area contributed by atoms with E-state index in [4.69, 9.17) is 16.3 Å². The molecule has 0 radical (unpaired) electrons. The van der Waals surface area contributed by atoms with Crippen molar-refractivity contribution in [2.45, 2.75) is 38.3 Å². The molecule has 0 atom stereocenters. The van der Waals surface area contributed by atoms with E-state index in [1.807, 2.05) is 18.3 Å². The number of halogens is 1. The molecule has 1 amide bonds. The minimum atomic E-state index is 0.141. The van der Waals surface area contributed by atoms with Gasteiger partial charge in [0.15, 0.2) is 0 Å². The quantitative estimate of drug-likeness (QED) is 0.856. The molecule has 2 aliphatic heterocycles. The second-order valence-corrected chi connectivity index (χ2v) is 6.82. The summed E-state index contributed by atoms with van der Waals surface area (Å²) < 4.78 is 5.32. The van der Waals surface area contributed by atoms with Gasteiger partial charge in [-0.1, -0.05) is 17.7 Å². The van der Waals surface area contributed by atoms with E-state index in [9.17, 15) is 4.79 Å². The number of carbonyl (C=O) groups is 1. The predicted octanol–water partition coefficient (Wildman–Crippen LogP) is 2.24. The Hall–Kier alpha value is -1.17. The van der Waals surface area contributed by atoms with Crippen molar-refractivity contribution in [2.24, 2.45) is 5.92 Å². The van der Waals surface area contributed by atoms with Gasteiger partial charge in [0.1, 0.15) is 5.15 Å². The number of carbonyl (C=O) groups excluding carboxylic acids is 1. The molecule has 1 aromatic heterocycles. The SMILES string of the molecule is O=C(NC1CCN(Cc2ccc(Cl)nc2)CC1)C1CCOCC1. The average Bonchev–Trinajstić information content (AvgIpc) is 2.59. The maximum Gasteiger partial charge on any atom is 0.223 e. The van der Waals surface area contributed by atoms with Crippen LogP contribution in [-0.4, -0.2) is 48.1 Å². The predicted molar refractivity (Wildman–Crippen MR) is 89.2 cm³/mol. The highest BCUT2D eigenvalue weighted by Crippen LogP contribution is 2.18. The molecule has 1 N–H and O–H groups in total. The van der Waals surface area contributed by atoms with E-state index >= 15 is 0 Å². The summed E-state index contributed by atoms with van der Waals surface area (Å²) in [6, 6.07) is 4.16. The highest BCUT2D eigenvalue weighted by Gasteiger charge is 2.26. The second kappa shape index (κ2) is 8.08. The van der Waals surface area contributed by atoms with Crippen LogP contribution in [0.1, 0.15) is 31.2 Å². The number of aromatic nitrogens is 1. The molecular weight excluding hydrogens is 314 g/mol. The van der Waals surface area contributed by atoms with Crippen LogP contribution in [0.4, 0.5) is 0 Å². The highest BCUT2D eigenvalue weighted by atomic mass is 35.5. The van der Waals surface area contributed by atoms with Gasteiger partial charge in [-0.25, -0.2) is 4.98 Å². The summed E-state index contributed by atoms with van der Waals surface area (Å²) >= 11 is 5.81. The lowest BCUT2D eigenvalue weighted by atomic mass is 9.97. The van der Waals surface area contributed by atoms with Crippen molar-refractivity contribution in [3.63, 3.8) is 0 Å². The van der Waals surface area contributed by atoms with Crippen molar-refractivity contribution in [3.05, 3.63) is 29.0 Å². The topological polar surface area (TPSA) is 54.5 Å². The number of nitrogens with one attached hydrogen (secondary N) is 1. The van der Waals surface area contributed by atoms with Crippen LogP contribution >= 0.6 is 11.6 Å². The normalized spacial score (nSPS) is 21.3. The van der Waals surface area contributed by atoms with E-state index in [0.29, 0.717) is 24.4 Å². The fraction of sp³-hybridized carbons (Fsp3) is 0.647. The molecule has 2 aliphatic rings. The molecular formula is C17H24ClN3O2. The molecule has 3 heterocycles. The van der Waals surface area contributed by atoms with Crippen LogP contribution in [0.15, 0.2) is 18.3 Å². The molecule has 3 rings (SSSR count). The summed E-state index contributed by atoms with van der Waals surface area (Å²) in [4.78, 5) is 18.8. The number of likely N-dealkylation sites (tertiary alicyclic amines) is 1. The zero-order valence-corrected chi connectivity index (χ0v) is 14.1. The highest BCUT2D eigenvalue weighted by molar-refractivity contribution is 6.29. The van der Waals surface area contributed by atoms with Gasteiger partial charge < -0.3 is 10.1 Å². The maximum atomic E-state index is 12.3. The number of ether oxygens (including phenoxy) is 1. The lowest BCUT2D eigenvalue weighted by molar-refractivity contribution is -0.128. The van der Waals surface area contributed by atoms with Crippen LogP contribution in [0.25, 0.3) is 0 Å². The number of nitrogens with zero attached hydrogens (tertiary/aromatic N) is 2. The lowest BCUT2D eigenvalue weighted by Crippen LogP contribution is -2.46. The number of amides is 1. The van der Waals surface area contributed by atoms with E-state index in [-0.39, 0.29) is 11.8 Å². The Morgan fingerprint density at radius 1 is 1.26 bits per heavy atom. The molecule has 0 spiro atoms. The number of hydrogen-bond donors (Lipinski definition) is 1. The number of piperidine rings is 1. The minimum absolute atomic E-state index is 0.141. The zero-order chi connectivity index (χ0) is 16.1. The van der Waals surface area contributed by atoms with Crippen molar-refractivity contribution in [3.8, 4) is 0 Å². The van der Waals surface area contributed by atoms with Gasteiger partial charge in [-0.2, -0.15) is 0 Å². The van der Waals surface area contributed by atoms with Crippen LogP contribution in [-0.2, 0) is 16.1 Å². The largest absolute Gasteiger partial charge is 0.381 e. The molecule has 23 heavy (non-hydrogen) atoms. The first-order valence-corrected chi connectivity index (χ1v) is 8.79. The maximum absolute atomic E-state index is 12.3. The lowest BCUT2D eigenvalue weighted by Gasteiger charge is -2.33. The molecule has 2 saturated heterocycles. The van der Waals surface area contributed by atoms with Crippen molar-refractivity contribution in [2.75, 3.05) is 26.3 Å². The molecule has 126 valence electrons. The smallest absolute Gasteiger partial charge is 0.223 e. The third kappa shape index (κ3) is 4.90. The average molecular weight is 338 g/mol. The molecule has 0 aromatic carbocycles. The summed E-state index contributed by atoms with van der Waals surface area (Å²) in [6.45, 7) is 4.32. The molecule has 0 aliphatic carbocycles. The summed E-state index contributed by atoms with van der Waals surface area (Å²) in [5, 5.41) is 3.76. The van der Waals surface area contributed by atoms with Crippen molar-refractivity contribution >= 4 is 17.5 Å². The van der Waals surface area contributed by atoms with Gasteiger partial charge in [-0.15, -0.1) is 0 Å². The molecule has 1 aromatic rings. The van der Waals surface area contributed by atoms with Gasteiger partial charge in [0.2, 0.25) is 5.91 Å². The van der Waals surface area contributed by atoms with Gasteiger partial charge in [0, 0.05) is 51.0 Å². The van der Waals surface area contributed by atoms with Crippen LogP contribution in [0.5, 0.6) is 0 Å². The van der Waals surface area contributed by atoms with Gasteiger partial charge in [0.05, 0.1) is 0 Å². The third-order valence-electron chi connectivity index (χ3n) is 4.72. The van der Waals surface area contributed by atoms with Crippen LogP contribution in [0.2, 0.25) is 5.15 Å². The third-order valence-corrected chi connectivity index (χ3v) is 4.94. The van der Waals surface area contributed by atoms with Crippen LogP contribution in [0, 0.1) is 5.92 Å². The number of hydrogen-bond acceptors (Lipinski definition) is 4. The molecule has 0 unspecified atom stereocenters. The van der Waals surface area contributed by atoms with Crippen LogP contribution in [0.3, 0.4) is 0 Å². The first kappa shape index (κ1) is 16.7. The second-order valence-electron chi connectivity index (χ2n) is 6.43. The van der Waals surface area contributed by atoms with Gasteiger partial charge >= 0.3 is 0 Å². The summed E-state index contributed by atoms with van der Waals surface area (Å²) in [7, 11) is 0.